The third-order valence-electron chi connectivity index (χ3n) is 4.45. The highest BCUT2D eigenvalue weighted by Gasteiger charge is 2.20. The number of ether oxygens (including phenoxy) is 2. The zero-order valence-corrected chi connectivity index (χ0v) is 17.3. The van der Waals surface area contributed by atoms with Crippen molar-refractivity contribution in [1.82, 2.24) is 0 Å². The summed E-state index contributed by atoms with van der Waals surface area (Å²) in [5.74, 6) is -0.190. The third-order valence-corrected chi connectivity index (χ3v) is 5.67. The molecule has 0 atom stereocenters. The summed E-state index contributed by atoms with van der Waals surface area (Å²) in [5.41, 5.74) is 2.42. The highest BCUT2D eigenvalue weighted by molar-refractivity contribution is 7.17. The fourth-order valence-electron chi connectivity index (χ4n) is 2.95. The van der Waals surface area contributed by atoms with Gasteiger partial charge >= 0.3 is 5.97 Å². The second-order valence-electron chi connectivity index (χ2n) is 6.47. The van der Waals surface area contributed by atoms with Crippen molar-refractivity contribution in [1.29, 1.82) is 0 Å². The maximum atomic E-state index is 13.6. The lowest BCUT2D eigenvalue weighted by atomic mass is 10.0. The molecule has 0 aliphatic rings. The van der Waals surface area contributed by atoms with E-state index >= 15 is 0 Å². The molecule has 29 heavy (non-hydrogen) atoms. The molecule has 0 radical (unpaired) electrons. The summed E-state index contributed by atoms with van der Waals surface area (Å²) in [6.07, 6.45) is 0.0709. The summed E-state index contributed by atoms with van der Waals surface area (Å²) in [5, 5.41) is 0. The monoisotopic (exact) mass is 412 g/mol. The lowest BCUT2D eigenvalue weighted by molar-refractivity contribution is -0.142. The van der Waals surface area contributed by atoms with Gasteiger partial charge in [-0.05, 0) is 79.1 Å². The number of carbonyl (C=O) groups is 2. The summed E-state index contributed by atoms with van der Waals surface area (Å²) in [6.45, 7) is 3.67. The first-order valence-electron chi connectivity index (χ1n) is 9.16. The molecule has 3 aromatic rings. The normalized spacial score (nSPS) is 10.6. The van der Waals surface area contributed by atoms with E-state index < -0.39 is 0 Å². The van der Waals surface area contributed by atoms with Gasteiger partial charge in [0.15, 0.2) is 0 Å². The van der Waals surface area contributed by atoms with Gasteiger partial charge in [-0.25, -0.2) is 4.39 Å². The number of carbonyl (C=O) groups excluding carboxylic acids is 2. The Morgan fingerprint density at radius 2 is 1.79 bits per heavy atom. The molecule has 0 bridgehead atoms. The first-order chi connectivity index (χ1) is 13.9. The van der Waals surface area contributed by atoms with Crippen LogP contribution >= 0.6 is 11.3 Å². The Morgan fingerprint density at radius 3 is 2.41 bits per heavy atom. The average Bonchev–Trinajstić information content (AvgIpc) is 3.13. The maximum absolute atomic E-state index is 13.6. The number of halogens is 1. The van der Waals surface area contributed by atoms with Gasteiger partial charge in [-0.1, -0.05) is 0 Å². The molecule has 0 saturated carbocycles. The first kappa shape index (κ1) is 20.7. The summed E-state index contributed by atoms with van der Waals surface area (Å²) in [4.78, 5) is 26.3. The van der Waals surface area contributed by atoms with Crippen molar-refractivity contribution >= 4 is 23.1 Å². The lowest BCUT2D eigenvalue weighted by Crippen LogP contribution is -2.07. The van der Waals surface area contributed by atoms with Crippen molar-refractivity contribution in [2.45, 2.75) is 20.3 Å². The maximum Gasteiger partial charge on any atom is 0.310 e. The topological polar surface area (TPSA) is 52.6 Å². The predicted octanol–water partition coefficient (Wildman–Crippen LogP) is 5.21. The van der Waals surface area contributed by atoms with Crippen LogP contribution in [0.1, 0.15) is 33.3 Å². The summed E-state index contributed by atoms with van der Waals surface area (Å²) in [7, 11) is 1.59. The van der Waals surface area contributed by atoms with Crippen LogP contribution in [-0.4, -0.2) is 25.5 Å². The Balaban J connectivity index is 2.01. The fraction of sp³-hybridized carbons (Fsp3) is 0.217. The number of methoxy groups -OCH3 is 1. The number of thiophene rings is 1. The molecule has 1 aromatic heterocycles. The molecule has 0 N–H and O–H groups in total. The van der Waals surface area contributed by atoms with Crippen LogP contribution < -0.4 is 4.74 Å². The van der Waals surface area contributed by atoms with Gasteiger partial charge < -0.3 is 9.47 Å². The summed E-state index contributed by atoms with van der Waals surface area (Å²) < 4.78 is 23.8. The van der Waals surface area contributed by atoms with E-state index in [1.807, 2.05) is 24.3 Å². The number of hydrogen-bond donors (Lipinski definition) is 0. The fourth-order valence-corrected chi connectivity index (χ4v) is 4.10. The highest BCUT2D eigenvalue weighted by atomic mass is 32.1. The lowest BCUT2D eigenvalue weighted by Gasteiger charge is -2.05. The molecular weight excluding hydrogens is 391 g/mol. The minimum atomic E-state index is -0.352. The third kappa shape index (κ3) is 4.71. The average molecular weight is 412 g/mol. The quantitative estimate of drug-likeness (QED) is 0.395. The van der Waals surface area contributed by atoms with E-state index in [4.69, 9.17) is 9.47 Å². The molecule has 0 fully saturated rings. The number of rotatable bonds is 7. The zero-order chi connectivity index (χ0) is 21.0. The molecule has 0 aliphatic heterocycles. The van der Waals surface area contributed by atoms with Crippen molar-refractivity contribution in [3.05, 3.63) is 75.9 Å². The molecule has 0 aliphatic carbocycles. The van der Waals surface area contributed by atoms with E-state index in [0.29, 0.717) is 22.6 Å². The highest BCUT2D eigenvalue weighted by Crippen LogP contribution is 2.35. The molecule has 6 heteroatoms. The van der Waals surface area contributed by atoms with E-state index in [0.717, 1.165) is 21.8 Å². The van der Waals surface area contributed by atoms with Crippen LogP contribution in [0.25, 0.3) is 10.4 Å². The van der Waals surface area contributed by atoms with Crippen LogP contribution in [0.5, 0.6) is 5.75 Å². The smallest absolute Gasteiger partial charge is 0.310 e. The van der Waals surface area contributed by atoms with Gasteiger partial charge in [-0.3, -0.25) is 9.59 Å². The molecule has 0 saturated heterocycles. The number of hydrogen-bond acceptors (Lipinski definition) is 5. The van der Waals surface area contributed by atoms with Crippen LogP contribution in [0.15, 0.2) is 48.5 Å². The van der Waals surface area contributed by atoms with Gasteiger partial charge in [0.25, 0.3) is 0 Å². The second-order valence-corrected chi connectivity index (χ2v) is 7.52. The summed E-state index contributed by atoms with van der Waals surface area (Å²) >= 11 is 1.31. The Hall–Kier alpha value is -2.99. The van der Waals surface area contributed by atoms with E-state index in [1.54, 1.807) is 27.0 Å². The van der Waals surface area contributed by atoms with Crippen molar-refractivity contribution in [2.75, 3.05) is 13.7 Å². The van der Waals surface area contributed by atoms with Crippen molar-refractivity contribution in [3.8, 4) is 16.2 Å². The van der Waals surface area contributed by atoms with Gasteiger partial charge in [0.1, 0.15) is 11.6 Å². The SMILES string of the molecule is CCOC(=O)Cc1cc(C(=O)c2ccc(F)c(C)c2)sc1-c1ccc(OC)cc1. The molecule has 0 amide bonds. The zero-order valence-electron chi connectivity index (χ0n) is 16.5. The predicted molar refractivity (Wildman–Crippen MR) is 111 cm³/mol. The Kier molecular flexibility index (Phi) is 6.44. The summed E-state index contributed by atoms with van der Waals surface area (Å²) in [6, 6.07) is 13.5. The number of aryl methyl sites for hydroxylation is 1. The Labute approximate surface area is 172 Å². The molecular formula is C23H21FO4S. The van der Waals surface area contributed by atoms with Crippen LogP contribution in [0.2, 0.25) is 0 Å². The number of benzene rings is 2. The Bertz CT molecular complexity index is 1040. The van der Waals surface area contributed by atoms with Gasteiger partial charge in [0, 0.05) is 10.4 Å². The van der Waals surface area contributed by atoms with Crippen LogP contribution in [0, 0.1) is 12.7 Å². The van der Waals surface area contributed by atoms with Crippen LogP contribution in [0.4, 0.5) is 4.39 Å². The second kappa shape index (κ2) is 9.01. The minimum Gasteiger partial charge on any atom is -0.497 e. The van der Waals surface area contributed by atoms with Gasteiger partial charge in [0.2, 0.25) is 5.78 Å². The number of ketones is 1. The molecule has 0 unspecified atom stereocenters. The standard InChI is InChI=1S/C23H21FO4S/c1-4-28-21(25)13-17-12-20(22(26)16-7-10-19(24)14(2)11-16)29-23(17)15-5-8-18(27-3)9-6-15/h5-12H,4,13H2,1-3H3. The molecule has 3 rings (SSSR count). The molecule has 1 heterocycles. The Morgan fingerprint density at radius 1 is 1.07 bits per heavy atom. The minimum absolute atomic E-state index is 0.0709. The largest absolute Gasteiger partial charge is 0.497 e. The van der Waals surface area contributed by atoms with Crippen LogP contribution in [-0.2, 0) is 16.0 Å². The first-order valence-corrected chi connectivity index (χ1v) is 9.98. The van der Waals surface area contributed by atoms with E-state index in [1.165, 1.54) is 29.5 Å². The van der Waals surface area contributed by atoms with Crippen molar-refractivity contribution in [3.63, 3.8) is 0 Å². The van der Waals surface area contributed by atoms with Gasteiger partial charge in [0.05, 0.1) is 25.0 Å². The molecule has 0 spiro atoms. The van der Waals surface area contributed by atoms with Gasteiger partial charge in [-0.2, -0.15) is 0 Å². The van der Waals surface area contributed by atoms with E-state index in [2.05, 4.69) is 0 Å². The van der Waals surface area contributed by atoms with Gasteiger partial charge in [-0.15, -0.1) is 11.3 Å². The molecule has 150 valence electrons. The van der Waals surface area contributed by atoms with Crippen molar-refractivity contribution < 1.29 is 23.5 Å². The van der Waals surface area contributed by atoms with E-state index in [9.17, 15) is 14.0 Å². The van der Waals surface area contributed by atoms with Crippen LogP contribution in [0.3, 0.4) is 0 Å². The van der Waals surface area contributed by atoms with Crippen molar-refractivity contribution in [2.24, 2.45) is 0 Å². The molecule has 4 nitrogen and oxygen atoms in total. The van der Waals surface area contributed by atoms with E-state index in [-0.39, 0.29) is 24.0 Å². The molecule has 2 aromatic carbocycles. The number of esters is 1.